The first-order valence-electron chi connectivity index (χ1n) is 14.9. The number of benzene rings is 2. The van der Waals surface area contributed by atoms with Gasteiger partial charge in [0.2, 0.25) is 5.91 Å². The second-order valence-corrected chi connectivity index (χ2v) is 12.2. The fourth-order valence-electron chi connectivity index (χ4n) is 6.41. The third-order valence-electron chi connectivity index (χ3n) is 9.06. The third-order valence-corrected chi connectivity index (χ3v) is 9.06. The van der Waals surface area contributed by atoms with E-state index in [0.29, 0.717) is 42.2 Å². The van der Waals surface area contributed by atoms with Crippen LogP contribution in [0.15, 0.2) is 42.5 Å². The van der Waals surface area contributed by atoms with Crippen LogP contribution in [-0.2, 0) is 27.1 Å². The lowest BCUT2D eigenvalue weighted by molar-refractivity contribution is -0.376. The Hall–Kier alpha value is -4.27. The molecule has 0 saturated carbocycles. The Bertz CT molecular complexity index is 1610. The predicted octanol–water partition coefficient (Wildman–Crippen LogP) is 4.86. The van der Waals surface area contributed by atoms with E-state index in [1.807, 2.05) is 0 Å². The fourth-order valence-corrected chi connectivity index (χ4v) is 6.41. The average Bonchev–Trinajstić information content (AvgIpc) is 3.55. The molecule has 0 radical (unpaired) electrons. The monoisotopic (exact) mass is 668 g/mol. The van der Waals surface area contributed by atoms with Crippen molar-refractivity contribution in [2.75, 3.05) is 31.1 Å². The van der Waals surface area contributed by atoms with E-state index < -0.39 is 65.5 Å². The number of amides is 4. The molecule has 2 fully saturated rings. The molecule has 0 spiro atoms. The van der Waals surface area contributed by atoms with E-state index in [2.05, 4.69) is 5.32 Å². The number of urea groups is 1. The van der Waals surface area contributed by atoms with Crippen molar-refractivity contribution in [2.45, 2.75) is 69.7 Å². The first-order chi connectivity index (χ1) is 21.8. The number of alkyl halides is 6. The van der Waals surface area contributed by atoms with Crippen LogP contribution in [0.5, 0.6) is 5.75 Å². The van der Waals surface area contributed by atoms with Crippen molar-refractivity contribution in [3.63, 3.8) is 0 Å². The molecule has 15 heteroatoms. The molecule has 5 rings (SSSR count). The molecule has 1 unspecified atom stereocenters. The lowest BCUT2D eigenvalue weighted by Crippen LogP contribution is -2.60. The fraction of sp³-hybridized carbons (Fsp3) is 0.469. The summed E-state index contributed by atoms with van der Waals surface area (Å²) < 4.78 is 87.0. The number of rotatable bonds is 6. The summed E-state index contributed by atoms with van der Waals surface area (Å²) in [6.07, 6.45) is -8.62. The summed E-state index contributed by atoms with van der Waals surface area (Å²) in [6.45, 7) is 6.74. The zero-order valence-electron chi connectivity index (χ0n) is 26.0. The number of fused-ring (bicyclic) bond motifs is 1. The predicted molar refractivity (Wildman–Crippen MR) is 158 cm³/mol. The third kappa shape index (κ3) is 5.68. The van der Waals surface area contributed by atoms with E-state index >= 15 is 0 Å². The number of piperazine rings is 1. The lowest BCUT2D eigenvalue weighted by atomic mass is 9.89. The van der Waals surface area contributed by atoms with Crippen LogP contribution in [0.4, 0.5) is 36.8 Å². The van der Waals surface area contributed by atoms with Crippen LogP contribution in [0, 0.1) is 0 Å². The summed E-state index contributed by atoms with van der Waals surface area (Å²) in [6, 6.07) is 5.85. The Morgan fingerprint density at radius 2 is 1.72 bits per heavy atom. The lowest BCUT2D eigenvalue weighted by Gasteiger charge is -2.46. The molecule has 2 aromatic carbocycles. The summed E-state index contributed by atoms with van der Waals surface area (Å²) in [5.74, 6) is -0.396. The SMILES string of the molecule is CC=Cc1cc(C(O)(C(F)(F)F)C(F)(F)F)ccc1N1C[C@@H](C)N(C(=O)CN2C(=O)NC(C)(c3ccc4c(c3)CCO4)C2=O)C[C@@H]1C. The normalized spacial score (nSPS) is 23.8. The minimum absolute atomic E-state index is 0.00693. The van der Waals surface area contributed by atoms with Crippen molar-refractivity contribution in [3.05, 3.63) is 64.7 Å². The number of imide groups is 1. The van der Waals surface area contributed by atoms with Crippen LogP contribution in [-0.4, -0.2) is 83.4 Å². The maximum Gasteiger partial charge on any atom is 0.430 e. The van der Waals surface area contributed by atoms with Crippen molar-refractivity contribution in [1.29, 1.82) is 0 Å². The minimum atomic E-state index is -6.03. The van der Waals surface area contributed by atoms with Crippen LogP contribution in [0.2, 0.25) is 0 Å². The van der Waals surface area contributed by atoms with Gasteiger partial charge in [0, 0.05) is 42.8 Å². The molecule has 2 saturated heterocycles. The second-order valence-electron chi connectivity index (χ2n) is 12.2. The number of hydrogen-bond donors (Lipinski definition) is 2. The van der Waals surface area contributed by atoms with Gasteiger partial charge in [-0.1, -0.05) is 24.3 Å². The van der Waals surface area contributed by atoms with E-state index in [0.717, 1.165) is 16.5 Å². The molecule has 254 valence electrons. The van der Waals surface area contributed by atoms with Crippen LogP contribution in [0.1, 0.15) is 49.9 Å². The van der Waals surface area contributed by atoms with Gasteiger partial charge in [0.1, 0.15) is 17.8 Å². The van der Waals surface area contributed by atoms with Crippen molar-refractivity contribution >= 4 is 29.6 Å². The average molecular weight is 669 g/mol. The van der Waals surface area contributed by atoms with Gasteiger partial charge in [-0.2, -0.15) is 26.3 Å². The summed E-state index contributed by atoms with van der Waals surface area (Å²) in [7, 11) is 0. The highest BCUT2D eigenvalue weighted by Crippen LogP contribution is 2.50. The summed E-state index contributed by atoms with van der Waals surface area (Å²) in [5, 5.41) is 12.6. The molecule has 3 atom stereocenters. The molecule has 0 aromatic heterocycles. The van der Waals surface area contributed by atoms with Gasteiger partial charge in [-0.05, 0) is 68.7 Å². The molecular weight excluding hydrogens is 634 g/mol. The van der Waals surface area contributed by atoms with E-state index in [4.69, 9.17) is 4.74 Å². The van der Waals surface area contributed by atoms with Gasteiger partial charge < -0.3 is 25.0 Å². The van der Waals surface area contributed by atoms with Gasteiger partial charge in [0.15, 0.2) is 0 Å². The first-order valence-corrected chi connectivity index (χ1v) is 14.9. The zero-order chi connectivity index (χ0) is 34.7. The van der Waals surface area contributed by atoms with Gasteiger partial charge in [0.25, 0.3) is 11.5 Å². The molecule has 2 N–H and O–H groups in total. The Morgan fingerprint density at radius 1 is 1.04 bits per heavy atom. The summed E-state index contributed by atoms with van der Waals surface area (Å²) in [4.78, 5) is 44.1. The minimum Gasteiger partial charge on any atom is -0.493 e. The maximum absolute atomic E-state index is 13.6. The van der Waals surface area contributed by atoms with E-state index in [-0.39, 0.29) is 18.7 Å². The Morgan fingerprint density at radius 3 is 2.36 bits per heavy atom. The summed E-state index contributed by atoms with van der Waals surface area (Å²) >= 11 is 0. The van der Waals surface area contributed by atoms with Crippen molar-refractivity contribution in [2.24, 2.45) is 0 Å². The quantitative estimate of drug-likeness (QED) is 0.337. The van der Waals surface area contributed by atoms with Gasteiger partial charge >= 0.3 is 18.4 Å². The Balaban J connectivity index is 1.34. The summed E-state index contributed by atoms with van der Waals surface area (Å²) in [5.41, 5.74) is -6.09. The number of carbonyl (C=O) groups is 3. The van der Waals surface area contributed by atoms with Gasteiger partial charge in [-0.25, -0.2) is 4.79 Å². The molecule has 2 aromatic rings. The Labute approximate surface area is 266 Å². The van der Waals surface area contributed by atoms with Crippen LogP contribution in [0.25, 0.3) is 6.08 Å². The van der Waals surface area contributed by atoms with Gasteiger partial charge in [-0.3, -0.25) is 14.5 Å². The molecule has 3 heterocycles. The molecule has 9 nitrogen and oxygen atoms in total. The number of carbonyl (C=O) groups excluding carboxylic acids is 3. The number of hydrogen-bond acceptors (Lipinski definition) is 6. The van der Waals surface area contributed by atoms with Gasteiger partial charge in [0.05, 0.1) is 6.61 Å². The number of allylic oxidation sites excluding steroid dienone is 1. The number of nitrogens with one attached hydrogen (secondary N) is 1. The number of nitrogens with zero attached hydrogens (tertiary/aromatic N) is 3. The first kappa shape index (κ1) is 34.1. The number of ether oxygens (including phenoxy) is 1. The molecule has 0 bridgehead atoms. The van der Waals surface area contributed by atoms with Crippen molar-refractivity contribution in [1.82, 2.24) is 15.1 Å². The topological polar surface area (TPSA) is 102 Å². The molecule has 47 heavy (non-hydrogen) atoms. The van der Waals surface area contributed by atoms with E-state index in [1.165, 1.54) is 17.1 Å². The smallest absolute Gasteiger partial charge is 0.430 e. The number of anilines is 1. The van der Waals surface area contributed by atoms with Crippen molar-refractivity contribution in [3.8, 4) is 5.75 Å². The molecule has 0 aliphatic carbocycles. The van der Waals surface area contributed by atoms with Crippen LogP contribution in [0.3, 0.4) is 0 Å². The maximum atomic E-state index is 13.6. The Kier molecular flexibility index (Phi) is 8.52. The highest BCUT2D eigenvalue weighted by atomic mass is 19.4. The number of halogens is 6. The van der Waals surface area contributed by atoms with E-state index in [1.54, 1.807) is 50.8 Å². The van der Waals surface area contributed by atoms with E-state index in [9.17, 15) is 45.8 Å². The van der Waals surface area contributed by atoms with Crippen LogP contribution < -0.4 is 15.0 Å². The molecule has 4 amide bonds. The van der Waals surface area contributed by atoms with Gasteiger partial charge in [-0.15, -0.1) is 0 Å². The standard InChI is InChI=1S/C32H34F6N4O5/c1-5-6-20-13-23(30(46,31(33,34)35)32(36,37)38)7-9-24(20)40-15-19(3)41(16-18(40)2)26(43)17-42-27(44)29(4,39-28(42)45)22-8-10-25-21(14-22)11-12-47-25/h5-10,13-14,18-19,46H,11-12,15-17H2,1-4H3,(H,39,45)/t18-,19+,29?/m0/s1. The molecular formula is C32H34F6N4O5. The highest BCUT2D eigenvalue weighted by molar-refractivity contribution is 6.09. The number of aliphatic hydroxyl groups is 1. The van der Waals surface area contributed by atoms with Crippen molar-refractivity contribution < 1.29 is 50.6 Å². The zero-order valence-corrected chi connectivity index (χ0v) is 26.0. The molecule has 3 aliphatic rings. The molecule has 3 aliphatic heterocycles. The highest BCUT2D eigenvalue weighted by Gasteiger charge is 2.71. The largest absolute Gasteiger partial charge is 0.493 e. The second kappa shape index (κ2) is 11.8. The van der Waals surface area contributed by atoms with Crippen LogP contribution >= 0.6 is 0 Å².